The molecule has 0 spiro atoms. The summed E-state index contributed by atoms with van der Waals surface area (Å²) in [6.07, 6.45) is 0.579. The lowest BCUT2D eigenvalue weighted by molar-refractivity contribution is 0.157. The Morgan fingerprint density at radius 2 is 2.11 bits per heavy atom. The number of hydrogen-bond donors (Lipinski definition) is 1. The predicted octanol–water partition coefficient (Wildman–Crippen LogP) is 3.06. The first-order valence-electron chi connectivity index (χ1n) is 6.49. The molecule has 100 valence electrons. The van der Waals surface area contributed by atoms with Crippen LogP contribution < -0.4 is 5.32 Å². The summed E-state index contributed by atoms with van der Waals surface area (Å²) in [5, 5.41) is 3.34. The molecule has 1 aliphatic rings. The normalized spacial score (nSPS) is 18.8. The van der Waals surface area contributed by atoms with Gasteiger partial charge < -0.3 is 5.32 Å². The van der Waals surface area contributed by atoms with Gasteiger partial charge in [0.25, 0.3) is 0 Å². The minimum absolute atomic E-state index is 0.203. The summed E-state index contributed by atoms with van der Waals surface area (Å²) in [6.45, 7) is 5.79. The summed E-state index contributed by atoms with van der Waals surface area (Å²) in [6, 6.07) is 6.57. The van der Waals surface area contributed by atoms with Crippen LogP contribution in [0.25, 0.3) is 0 Å². The van der Waals surface area contributed by atoms with Crippen LogP contribution in [0.1, 0.15) is 23.6 Å². The summed E-state index contributed by atoms with van der Waals surface area (Å²) in [5.41, 5.74) is 2.44. The van der Waals surface area contributed by atoms with Gasteiger partial charge in [-0.25, -0.2) is 0 Å². The lowest BCUT2D eigenvalue weighted by Crippen LogP contribution is -2.45. The van der Waals surface area contributed by atoms with E-state index in [9.17, 15) is 4.39 Å². The van der Waals surface area contributed by atoms with E-state index >= 15 is 0 Å². The molecule has 4 heteroatoms. The van der Waals surface area contributed by atoms with Crippen LogP contribution in [0, 0.1) is 6.92 Å². The number of aryl methyl sites for hydroxylation is 1. The first-order chi connectivity index (χ1) is 8.72. The van der Waals surface area contributed by atoms with E-state index in [0.29, 0.717) is 6.42 Å². The van der Waals surface area contributed by atoms with E-state index in [0.717, 1.165) is 30.7 Å². The zero-order chi connectivity index (χ0) is 13.0. The van der Waals surface area contributed by atoms with Gasteiger partial charge in [-0.1, -0.05) is 28.1 Å². The molecule has 1 saturated heterocycles. The molecule has 1 atom stereocenters. The van der Waals surface area contributed by atoms with Crippen LogP contribution in [0.4, 0.5) is 4.39 Å². The van der Waals surface area contributed by atoms with E-state index < -0.39 is 0 Å². The number of hydrogen-bond acceptors (Lipinski definition) is 2. The van der Waals surface area contributed by atoms with E-state index in [1.54, 1.807) is 0 Å². The highest BCUT2D eigenvalue weighted by Gasteiger charge is 2.22. The van der Waals surface area contributed by atoms with Crippen molar-refractivity contribution in [1.29, 1.82) is 0 Å². The van der Waals surface area contributed by atoms with E-state index in [2.05, 4.69) is 51.3 Å². The number of nitrogens with one attached hydrogen (secondary N) is 1. The van der Waals surface area contributed by atoms with Crippen LogP contribution in [-0.2, 0) is 0 Å². The Morgan fingerprint density at radius 3 is 2.72 bits per heavy atom. The van der Waals surface area contributed by atoms with E-state index in [-0.39, 0.29) is 12.7 Å². The Bertz CT molecular complexity index is 391. The average Bonchev–Trinajstić information content (AvgIpc) is 2.40. The van der Waals surface area contributed by atoms with Gasteiger partial charge in [0, 0.05) is 36.7 Å². The molecule has 0 unspecified atom stereocenters. The van der Waals surface area contributed by atoms with Crippen molar-refractivity contribution in [3.8, 4) is 0 Å². The molecule has 18 heavy (non-hydrogen) atoms. The van der Waals surface area contributed by atoms with Gasteiger partial charge in [-0.2, -0.15) is 0 Å². The molecule has 1 aliphatic heterocycles. The molecule has 1 heterocycles. The van der Waals surface area contributed by atoms with Crippen LogP contribution >= 0.6 is 15.9 Å². The fourth-order valence-electron chi connectivity index (χ4n) is 2.47. The van der Waals surface area contributed by atoms with Crippen LogP contribution in [0.5, 0.6) is 0 Å². The molecule has 0 aliphatic carbocycles. The van der Waals surface area contributed by atoms with Gasteiger partial charge in [-0.05, 0) is 30.5 Å². The Kier molecular flexibility index (Phi) is 5.15. The summed E-state index contributed by atoms with van der Waals surface area (Å²) in [4.78, 5) is 2.38. The monoisotopic (exact) mass is 314 g/mol. The van der Waals surface area contributed by atoms with Gasteiger partial charge in [0.1, 0.15) is 0 Å². The summed E-state index contributed by atoms with van der Waals surface area (Å²) in [7, 11) is 0. The number of halogens is 2. The standard InChI is InChI=1S/C14H20BrFN2/c1-11-2-3-12(10-13(11)15)14(4-5-16)18-8-6-17-7-9-18/h2-3,10,14,17H,4-9H2,1H3/t14-/m1/s1. The van der Waals surface area contributed by atoms with Crippen molar-refractivity contribution >= 4 is 15.9 Å². The average molecular weight is 315 g/mol. The minimum Gasteiger partial charge on any atom is -0.314 e. The number of alkyl halides is 1. The summed E-state index contributed by atoms with van der Waals surface area (Å²) >= 11 is 3.56. The molecular formula is C14H20BrFN2. The Morgan fingerprint density at radius 1 is 1.39 bits per heavy atom. The molecule has 0 bridgehead atoms. The summed E-state index contributed by atoms with van der Waals surface area (Å²) in [5.74, 6) is 0. The van der Waals surface area contributed by atoms with Crippen LogP contribution in [0.2, 0.25) is 0 Å². The molecule has 1 aromatic carbocycles. The fraction of sp³-hybridized carbons (Fsp3) is 0.571. The van der Waals surface area contributed by atoms with E-state index in [4.69, 9.17) is 0 Å². The SMILES string of the molecule is Cc1ccc([C@@H](CCF)N2CCNCC2)cc1Br. The quantitative estimate of drug-likeness (QED) is 0.919. The van der Waals surface area contributed by atoms with Crippen molar-refractivity contribution in [2.24, 2.45) is 0 Å². The van der Waals surface area contributed by atoms with Crippen LogP contribution in [-0.4, -0.2) is 37.8 Å². The van der Waals surface area contributed by atoms with Gasteiger partial charge in [-0.15, -0.1) is 0 Å². The second-order valence-corrected chi connectivity index (χ2v) is 5.64. The molecule has 2 nitrogen and oxygen atoms in total. The maximum atomic E-state index is 12.8. The molecule has 0 amide bonds. The van der Waals surface area contributed by atoms with Gasteiger partial charge in [0.15, 0.2) is 0 Å². The number of rotatable bonds is 4. The number of piperazine rings is 1. The molecule has 2 rings (SSSR count). The first-order valence-corrected chi connectivity index (χ1v) is 7.28. The summed E-state index contributed by atoms with van der Waals surface area (Å²) < 4.78 is 13.9. The molecule has 0 aromatic heterocycles. The molecule has 0 radical (unpaired) electrons. The van der Waals surface area contributed by atoms with Crippen LogP contribution in [0.3, 0.4) is 0 Å². The van der Waals surface area contributed by atoms with Crippen molar-refractivity contribution in [2.45, 2.75) is 19.4 Å². The van der Waals surface area contributed by atoms with Crippen molar-refractivity contribution in [3.05, 3.63) is 33.8 Å². The van der Waals surface area contributed by atoms with Gasteiger partial charge >= 0.3 is 0 Å². The van der Waals surface area contributed by atoms with E-state index in [1.165, 1.54) is 11.1 Å². The molecule has 1 N–H and O–H groups in total. The van der Waals surface area contributed by atoms with Crippen molar-refractivity contribution < 1.29 is 4.39 Å². The van der Waals surface area contributed by atoms with E-state index in [1.807, 2.05) is 0 Å². The topological polar surface area (TPSA) is 15.3 Å². The Balaban J connectivity index is 2.19. The highest BCUT2D eigenvalue weighted by Crippen LogP contribution is 2.28. The van der Waals surface area contributed by atoms with Gasteiger partial charge in [-0.3, -0.25) is 9.29 Å². The third kappa shape index (κ3) is 3.31. The zero-order valence-electron chi connectivity index (χ0n) is 10.8. The minimum atomic E-state index is -0.264. The highest BCUT2D eigenvalue weighted by atomic mass is 79.9. The lowest BCUT2D eigenvalue weighted by Gasteiger charge is -2.35. The Hall–Kier alpha value is -0.450. The van der Waals surface area contributed by atoms with Gasteiger partial charge in [0.2, 0.25) is 0 Å². The van der Waals surface area contributed by atoms with Crippen molar-refractivity contribution in [3.63, 3.8) is 0 Å². The second-order valence-electron chi connectivity index (χ2n) is 4.79. The smallest absolute Gasteiger partial charge is 0.0912 e. The predicted molar refractivity (Wildman–Crippen MR) is 76.7 cm³/mol. The first kappa shape index (κ1) is 14.0. The van der Waals surface area contributed by atoms with Crippen molar-refractivity contribution in [1.82, 2.24) is 10.2 Å². The fourth-order valence-corrected chi connectivity index (χ4v) is 2.87. The largest absolute Gasteiger partial charge is 0.314 e. The van der Waals surface area contributed by atoms with Gasteiger partial charge in [0.05, 0.1) is 6.67 Å². The third-order valence-electron chi connectivity index (χ3n) is 3.56. The Labute approximate surface area is 117 Å². The molecule has 1 fully saturated rings. The number of benzene rings is 1. The second kappa shape index (κ2) is 6.64. The highest BCUT2D eigenvalue weighted by molar-refractivity contribution is 9.10. The molecule has 1 aromatic rings. The van der Waals surface area contributed by atoms with Crippen molar-refractivity contribution in [2.75, 3.05) is 32.9 Å². The lowest BCUT2D eigenvalue weighted by atomic mass is 10.0. The third-order valence-corrected chi connectivity index (χ3v) is 4.41. The maximum Gasteiger partial charge on any atom is 0.0912 e. The number of nitrogens with zero attached hydrogens (tertiary/aromatic N) is 1. The maximum absolute atomic E-state index is 12.8. The molecular weight excluding hydrogens is 295 g/mol. The zero-order valence-corrected chi connectivity index (χ0v) is 12.3. The van der Waals surface area contributed by atoms with Crippen LogP contribution in [0.15, 0.2) is 22.7 Å². The molecule has 0 saturated carbocycles.